The Kier molecular flexibility index (Phi) is 4.79. The molecule has 1 atom stereocenters. The molecule has 0 spiro atoms. The zero-order chi connectivity index (χ0) is 12.0. The highest BCUT2D eigenvalue weighted by Crippen LogP contribution is 2.14. The Labute approximate surface area is 95.2 Å². The minimum Gasteiger partial charge on any atom is -0.508 e. The number of methoxy groups -OCH3 is 1. The monoisotopic (exact) mass is 223 g/mol. The molecule has 1 aromatic rings. The van der Waals surface area contributed by atoms with Crippen LogP contribution in [0.3, 0.4) is 0 Å². The van der Waals surface area contributed by atoms with E-state index >= 15 is 0 Å². The fraction of sp³-hybridized carbons (Fsp3) is 0.417. The summed E-state index contributed by atoms with van der Waals surface area (Å²) in [6, 6.07) is 6.39. The van der Waals surface area contributed by atoms with Crippen molar-refractivity contribution in [2.75, 3.05) is 12.4 Å². The first kappa shape index (κ1) is 12.5. The van der Waals surface area contributed by atoms with Gasteiger partial charge in [-0.15, -0.1) is 0 Å². The van der Waals surface area contributed by atoms with Gasteiger partial charge in [0, 0.05) is 19.2 Å². The Morgan fingerprint density at radius 2 is 2.06 bits per heavy atom. The van der Waals surface area contributed by atoms with Gasteiger partial charge in [-0.05, 0) is 37.6 Å². The standard InChI is InChI=1S/C12H17NO3/c1-9(16-2)3-8-12(15)13-10-4-6-11(14)7-5-10/h4-7,9,14H,3,8H2,1-2H3,(H,13,15). The van der Waals surface area contributed by atoms with E-state index in [2.05, 4.69) is 5.32 Å². The minimum atomic E-state index is -0.0467. The Morgan fingerprint density at radius 3 is 2.62 bits per heavy atom. The molecule has 16 heavy (non-hydrogen) atoms. The number of rotatable bonds is 5. The highest BCUT2D eigenvalue weighted by Gasteiger charge is 2.05. The number of nitrogens with one attached hydrogen (secondary N) is 1. The third-order valence-electron chi connectivity index (χ3n) is 2.33. The first-order valence-electron chi connectivity index (χ1n) is 5.23. The van der Waals surface area contributed by atoms with Gasteiger partial charge in [0.15, 0.2) is 0 Å². The Balaban J connectivity index is 2.37. The number of carbonyl (C=O) groups excluding carboxylic acids is 1. The third kappa shape index (κ3) is 4.31. The zero-order valence-electron chi connectivity index (χ0n) is 9.56. The van der Waals surface area contributed by atoms with E-state index < -0.39 is 0 Å². The fourth-order valence-electron chi connectivity index (χ4n) is 1.22. The quantitative estimate of drug-likeness (QED) is 0.752. The van der Waals surface area contributed by atoms with Crippen LogP contribution in [0.2, 0.25) is 0 Å². The molecule has 0 radical (unpaired) electrons. The average molecular weight is 223 g/mol. The largest absolute Gasteiger partial charge is 0.508 e. The van der Waals surface area contributed by atoms with E-state index in [4.69, 9.17) is 9.84 Å². The highest BCUT2D eigenvalue weighted by atomic mass is 16.5. The van der Waals surface area contributed by atoms with Gasteiger partial charge in [0.2, 0.25) is 5.91 Å². The molecule has 0 heterocycles. The molecule has 88 valence electrons. The van der Waals surface area contributed by atoms with E-state index in [0.29, 0.717) is 18.5 Å². The van der Waals surface area contributed by atoms with Crippen molar-refractivity contribution in [3.63, 3.8) is 0 Å². The van der Waals surface area contributed by atoms with E-state index in [-0.39, 0.29) is 17.8 Å². The van der Waals surface area contributed by atoms with Gasteiger partial charge in [-0.1, -0.05) is 0 Å². The Bertz CT molecular complexity index is 335. The average Bonchev–Trinajstić information content (AvgIpc) is 2.29. The fourth-order valence-corrected chi connectivity index (χ4v) is 1.22. The van der Waals surface area contributed by atoms with E-state index in [1.165, 1.54) is 12.1 Å². The molecule has 0 saturated heterocycles. The van der Waals surface area contributed by atoms with Gasteiger partial charge >= 0.3 is 0 Å². The lowest BCUT2D eigenvalue weighted by Crippen LogP contribution is -2.14. The molecule has 0 aromatic heterocycles. The van der Waals surface area contributed by atoms with Crippen molar-refractivity contribution < 1.29 is 14.6 Å². The molecule has 4 heteroatoms. The maximum absolute atomic E-state index is 11.5. The van der Waals surface area contributed by atoms with Crippen LogP contribution < -0.4 is 5.32 Å². The first-order chi connectivity index (χ1) is 7.61. The van der Waals surface area contributed by atoms with Crippen molar-refractivity contribution in [1.29, 1.82) is 0 Å². The lowest BCUT2D eigenvalue weighted by atomic mass is 10.2. The van der Waals surface area contributed by atoms with Gasteiger partial charge in [-0.3, -0.25) is 4.79 Å². The van der Waals surface area contributed by atoms with Gasteiger partial charge in [-0.2, -0.15) is 0 Å². The van der Waals surface area contributed by atoms with Crippen LogP contribution in [-0.2, 0) is 9.53 Å². The van der Waals surface area contributed by atoms with E-state index in [1.807, 2.05) is 6.92 Å². The highest BCUT2D eigenvalue weighted by molar-refractivity contribution is 5.90. The predicted molar refractivity (Wildman–Crippen MR) is 62.4 cm³/mol. The van der Waals surface area contributed by atoms with Crippen LogP contribution in [0.5, 0.6) is 5.75 Å². The molecule has 0 aliphatic rings. The van der Waals surface area contributed by atoms with Gasteiger partial charge in [0.1, 0.15) is 5.75 Å². The summed E-state index contributed by atoms with van der Waals surface area (Å²) in [5.74, 6) is 0.139. The van der Waals surface area contributed by atoms with Crippen LogP contribution in [0.25, 0.3) is 0 Å². The van der Waals surface area contributed by atoms with Gasteiger partial charge in [-0.25, -0.2) is 0 Å². The second-order valence-electron chi connectivity index (χ2n) is 3.68. The number of anilines is 1. The van der Waals surface area contributed by atoms with Crippen molar-refractivity contribution in [2.45, 2.75) is 25.9 Å². The summed E-state index contributed by atoms with van der Waals surface area (Å²) >= 11 is 0. The summed E-state index contributed by atoms with van der Waals surface area (Å²) in [7, 11) is 1.63. The van der Waals surface area contributed by atoms with Crippen molar-refractivity contribution >= 4 is 11.6 Å². The number of carbonyl (C=O) groups is 1. The lowest BCUT2D eigenvalue weighted by Gasteiger charge is -2.09. The number of hydrogen-bond acceptors (Lipinski definition) is 3. The lowest BCUT2D eigenvalue weighted by molar-refractivity contribution is -0.116. The molecule has 0 aliphatic heterocycles. The van der Waals surface area contributed by atoms with Crippen molar-refractivity contribution in [1.82, 2.24) is 0 Å². The molecule has 1 unspecified atom stereocenters. The summed E-state index contributed by atoms with van der Waals surface area (Å²) in [4.78, 5) is 11.5. The summed E-state index contributed by atoms with van der Waals surface area (Å²) in [6.45, 7) is 1.92. The first-order valence-corrected chi connectivity index (χ1v) is 5.23. The summed E-state index contributed by atoms with van der Waals surface area (Å²) < 4.78 is 5.05. The molecule has 4 nitrogen and oxygen atoms in total. The molecule has 0 bridgehead atoms. The molecule has 2 N–H and O–H groups in total. The topological polar surface area (TPSA) is 58.6 Å². The van der Waals surface area contributed by atoms with Crippen molar-refractivity contribution in [2.24, 2.45) is 0 Å². The normalized spacial score (nSPS) is 12.1. The summed E-state index contributed by atoms with van der Waals surface area (Å²) in [5, 5.41) is 11.8. The van der Waals surface area contributed by atoms with Gasteiger partial charge < -0.3 is 15.2 Å². The van der Waals surface area contributed by atoms with Crippen molar-refractivity contribution in [3.8, 4) is 5.75 Å². The molecule has 0 fully saturated rings. The van der Waals surface area contributed by atoms with Crippen LogP contribution in [0.4, 0.5) is 5.69 Å². The zero-order valence-corrected chi connectivity index (χ0v) is 9.56. The third-order valence-corrected chi connectivity index (χ3v) is 2.33. The molecule has 1 amide bonds. The number of aromatic hydroxyl groups is 1. The molecule has 1 rings (SSSR count). The number of ether oxygens (including phenoxy) is 1. The van der Waals surface area contributed by atoms with Gasteiger partial charge in [0.05, 0.1) is 6.10 Å². The maximum Gasteiger partial charge on any atom is 0.224 e. The number of phenolic OH excluding ortho intramolecular Hbond substituents is 1. The smallest absolute Gasteiger partial charge is 0.224 e. The summed E-state index contributed by atoms with van der Waals surface area (Å²) in [5.41, 5.74) is 0.688. The van der Waals surface area contributed by atoms with Crippen molar-refractivity contribution in [3.05, 3.63) is 24.3 Å². The molecular formula is C12H17NO3. The van der Waals surface area contributed by atoms with E-state index in [9.17, 15) is 4.79 Å². The second-order valence-corrected chi connectivity index (χ2v) is 3.68. The minimum absolute atomic E-state index is 0.0467. The van der Waals surface area contributed by atoms with Crippen LogP contribution in [0.1, 0.15) is 19.8 Å². The second kappa shape index (κ2) is 6.12. The number of amides is 1. The van der Waals surface area contributed by atoms with E-state index in [0.717, 1.165) is 0 Å². The number of hydrogen-bond donors (Lipinski definition) is 2. The van der Waals surface area contributed by atoms with Crippen LogP contribution in [0.15, 0.2) is 24.3 Å². The number of phenols is 1. The van der Waals surface area contributed by atoms with Crippen LogP contribution >= 0.6 is 0 Å². The summed E-state index contributed by atoms with van der Waals surface area (Å²) in [6.07, 6.45) is 1.21. The SMILES string of the molecule is COC(C)CCC(=O)Nc1ccc(O)cc1. The maximum atomic E-state index is 11.5. The molecular weight excluding hydrogens is 206 g/mol. The van der Waals surface area contributed by atoms with Crippen LogP contribution in [-0.4, -0.2) is 24.2 Å². The predicted octanol–water partition coefficient (Wildman–Crippen LogP) is 2.15. The molecule has 0 saturated carbocycles. The Morgan fingerprint density at radius 1 is 1.44 bits per heavy atom. The van der Waals surface area contributed by atoms with E-state index in [1.54, 1.807) is 19.2 Å². The molecule has 1 aromatic carbocycles. The van der Waals surface area contributed by atoms with Crippen LogP contribution in [0, 0.1) is 0 Å². The Hall–Kier alpha value is -1.55. The number of benzene rings is 1. The molecule has 0 aliphatic carbocycles. The van der Waals surface area contributed by atoms with Gasteiger partial charge in [0.25, 0.3) is 0 Å².